The number of aliphatic hydroxyl groups is 1. The first-order valence-corrected chi connectivity index (χ1v) is 9.67. The smallest absolute Gasteiger partial charge is 0.300 e. The molecule has 4 rings (SSSR count). The van der Waals surface area contributed by atoms with Gasteiger partial charge in [-0.1, -0.05) is 37.3 Å². The van der Waals surface area contributed by atoms with Crippen LogP contribution in [0.15, 0.2) is 72.6 Å². The van der Waals surface area contributed by atoms with Crippen molar-refractivity contribution in [2.24, 2.45) is 0 Å². The average Bonchev–Trinajstić information content (AvgIpc) is 3.06. The summed E-state index contributed by atoms with van der Waals surface area (Å²) in [6.07, 6.45) is 3.70. The van der Waals surface area contributed by atoms with Gasteiger partial charge in [0.05, 0.1) is 17.3 Å². The molecule has 2 aromatic carbocycles. The van der Waals surface area contributed by atoms with E-state index in [2.05, 4.69) is 4.98 Å². The molecule has 0 bridgehead atoms. The summed E-state index contributed by atoms with van der Waals surface area (Å²) in [5, 5.41) is 11.0. The molecule has 7 heteroatoms. The number of ketones is 1. The largest absolute Gasteiger partial charge is 0.507 e. The van der Waals surface area contributed by atoms with Crippen LogP contribution in [0.1, 0.15) is 29.7 Å². The monoisotopic (exact) mass is 420 g/mol. The maximum atomic E-state index is 14.6. The van der Waals surface area contributed by atoms with Crippen molar-refractivity contribution in [2.45, 2.75) is 19.4 Å². The second-order valence-electron chi connectivity index (χ2n) is 7.10. The Morgan fingerprint density at radius 2 is 1.84 bits per heavy atom. The highest BCUT2D eigenvalue weighted by molar-refractivity contribution is 6.51. The number of halogens is 2. The Hall–Kier alpha value is -3.87. The van der Waals surface area contributed by atoms with Crippen molar-refractivity contribution in [3.05, 3.63) is 101 Å². The van der Waals surface area contributed by atoms with Crippen LogP contribution in [0.25, 0.3) is 5.76 Å². The summed E-state index contributed by atoms with van der Waals surface area (Å²) < 4.78 is 28.5. The molecule has 1 aliphatic rings. The second-order valence-corrected chi connectivity index (χ2v) is 7.10. The average molecular weight is 420 g/mol. The Bertz CT molecular complexity index is 1190. The Morgan fingerprint density at radius 1 is 1.10 bits per heavy atom. The Morgan fingerprint density at radius 3 is 2.48 bits per heavy atom. The Labute approximate surface area is 177 Å². The van der Waals surface area contributed by atoms with Crippen LogP contribution >= 0.6 is 0 Å². The maximum Gasteiger partial charge on any atom is 0.300 e. The van der Waals surface area contributed by atoms with Gasteiger partial charge in [-0.15, -0.1) is 0 Å². The van der Waals surface area contributed by atoms with Gasteiger partial charge in [0, 0.05) is 24.0 Å². The Kier molecular flexibility index (Phi) is 5.33. The molecule has 2 heterocycles. The predicted molar refractivity (Wildman–Crippen MR) is 111 cm³/mol. The van der Waals surface area contributed by atoms with E-state index in [4.69, 9.17) is 0 Å². The van der Waals surface area contributed by atoms with Crippen LogP contribution in [0.2, 0.25) is 0 Å². The molecule has 5 nitrogen and oxygen atoms in total. The predicted octanol–water partition coefficient (Wildman–Crippen LogP) is 4.55. The van der Waals surface area contributed by atoms with Gasteiger partial charge < -0.3 is 5.11 Å². The minimum absolute atomic E-state index is 0.217. The summed E-state index contributed by atoms with van der Waals surface area (Å²) in [5.74, 6) is -4.09. The van der Waals surface area contributed by atoms with Crippen molar-refractivity contribution in [3.8, 4) is 0 Å². The number of aliphatic hydroxyl groups excluding tert-OH is 1. The number of Topliss-reactive ketones (excluding diaryl/α,β-unsaturated/α-hetero) is 1. The van der Waals surface area contributed by atoms with Crippen LogP contribution in [0.5, 0.6) is 0 Å². The van der Waals surface area contributed by atoms with Crippen molar-refractivity contribution in [2.75, 3.05) is 4.90 Å². The minimum Gasteiger partial charge on any atom is -0.507 e. The van der Waals surface area contributed by atoms with Crippen molar-refractivity contribution in [1.82, 2.24) is 4.98 Å². The number of pyridine rings is 1. The number of hydrogen-bond acceptors (Lipinski definition) is 4. The minimum atomic E-state index is -1.17. The molecule has 1 N–H and O–H groups in total. The third-order valence-electron chi connectivity index (χ3n) is 5.25. The van der Waals surface area contributed by atoms with E-state index in [-0.39, 0.29) is 5.57 Å². The first-order valence-electron chi connectivity index (χ1n) is 9.67. The zero-order chi connectivity index (χ0) is 22.1. The molecule has 1 unspecified atom stereocenters. The van der Waals surface area contributed by atoms with Gasteiger partial charge in [0.1, 0.15) is 17.4 Å². The van der Waals surface area contributed by atoms with Gasteiger partial charge in [-0.2, -0.15) is 0 Å². The summed E-state index contributed by atoms with van der Waals surface area (Å²) in [6.45, 7) is 1.98. The molecule has 3 aromatic rings. The van der Waals surface area contributed by atoms with E-state index in [1.54, 1.807) is 36.4 Å². The fraction of sp³-hybridized carbons (Fsp3) is 0.125. The molecule has 0 aliphatic carbocycles. The molecule has 0 spiro atoms. The molecule has 1 atom stereocenters. The zero-order valence-corrected chi connectivity index (χ0v) is 16.5. The van der Waals surface area contributed by atoms with Gasteiger partial charge in [0.15, 0.2) is 0 Å². The third kappa shape index (κ3) is 3.59. The first-order chi connectivity index (χ1) is 14.9. The molecule has 1 aliphatic heterocycles. The van der Waals surface area contributed by atoms with E-state index in [1.807, 2.05) is 6.92 Å². The van der Waals surface area contributed by atoms with Gasteiger partial charge in [0.25, 0.3) is 11.7 Å². The zero-order valence-electron chi connectivity index (χ0n) is 16.5. The molecular formula is C24H18F2N2O3. The third-order valence-corrected chi connectivity index (χ3v) is 5.25. The van der Waals surface area contributed by atoms with Crippen molar-refractivity contribution < 1.29 is 23.5 Å². The fourth-order valence-corrected chi connectivity index (χ4v) is 3.66. The Balaban J connectivity index is 1.94. The van der Waals surface area contributed by atoms with E-state index in [0.29, 0.717) is 11.1 Å². The number of rotatable bonds is 4. The van der Waals surface area contributed by atoms with Crippen LogP contribution in [0, 0.1) is 11.6 Å². The second kappa shape index (κ2) is 8.10. The molecule has 1 amide bonds. The number of nitrogens with zero attached hydrogens (tertiary/aromatic N) is 2. The van der Waals surface area contributed by atoms with Gasteiger partial charge in [0.2, 0.25) is 0 Å². The van der Waals surface area contributed by atoms with Crippen molar-refractivity contribution in [1.29, 1.82) is 0 Å². The number of benzene rings is 2. The van der Waals surface area contributed by atoms with E-state index in [0.717, 1.165) is 35.1 Å². The van der Waals surface area contributed by atoms with Gasteiger partial charge in [-0.3, -0.25) is 19.5 Å². The lowest BCUT2D eigenvalue weighted by molar-refractivity contribution is -0.132. The van der Waals surface area contributed by atoms with Gasteiger partial charge in [-0.25, -0.2) is 8.78 Å². The lowest BCUT2D eigenvalue weighted by atomic mass is 9.95. The molecule has 0 radical (unpaired) electrons. The topological polar surface area (TPSA) is 70.5 Å². The van der Waals surface area contributed by atoms with Crippen LogP contribution in [0.3, 0.4) is 0 Å². The summed E-state index contributed by atoms with van der Waals surface area (Å²) in [7, 11) is 0. The summed E-state index contributed by atoms with van der Waals surface area (Å²) in [5.41, 5.74) is 1.13. The number of amides is 1. The normalized spacial score (nSPS) is 17.9. The van der Waals surface area contributed by atoms with Crippen LogP contribution in [0.4, 0.5) is 14.5 Å². The lowest BCUT2D eigenvalue weighted by Gasteiger charge is -2.25. The van der Waals surface area contributed by atoms with Crippen LogP contribution in [-0.2, 0) is 16.0 Å². The molecule has 0 saturated carbocycles. The molecule has 1 fully saturated rings. The number of hydrogen-bond donors (Lipinski definition) is 1. The molecule has 1 aromatic heterocycles. The quantitative estimate of drug-likeness (QED) is 0.382. The standard InChI is InChI=1S/C24H18F2N2O3/c1-2-14-5-7-15(8-6-14)22(29)20-21(16-4-3-11-27-13-16)28(24(31)23(20)30)19-12-17(25)9-10-18(19)26/h3-13,21,29H,2H2,1H3/b22-20+. The lowest BCUT2D eigenvalue weighted by Crippen LogP contribution is -2.30. The molecule has 156 valence electrons. The molecule has 1 saturated heterocycles. The summed E-state index contributed by atoms with van der Waals surface area (Å²) >= 11 is 0. The van der Waals surface area contributed by atoms with E-state index < -0.39 is 40.8 Å². The van der Waals surface area contributed by atoms with Crippen LogP contribution < -0.4 is 4.90 Å². The SMILES string of the molecule is CCc1ccc(/C(O)=C2\C(=O)C(=O)N(c3cc(F)ccc3F)C2c2cccnc2)cc1. The number of carbonyl (C=O) groups is 2. The van der Waals surface area contributed by atoms with Gasteiger partial charge in [-0.05, 0) is 35.7 Å². The highest BCUT2D eigenvalue weighted by Crippen LogP contribution is 2.42. The number of aryl methyl sites for hydroxylation is 1. The molecule has 31 heavy (non-hydrogen) atoms. The van der Waals surface area contributed by atoms with Crippen LogP contribution in [-0.4, -0.2) is 21.8 Å². The number of aromatic nitrogens is 1. The fourth-order valence-electron chi connectivity index (χ4n) is 3.66. The van der Waals surface area contributed by atoms with Crippen molar-refractivity contribution >= 4 is 23.1 Å². The van der Waals surface area contributed by atoms with E-state index in [9.17, 15) is 23.5 Å². The van der Waals surface area contributed by atoms with E-state index >= 15 is 0 Å². The number of anilines is 1. The van der Waals surface area contributed by atoms with Crippen molar-refractivity contribution in [3.63, 3.8) is 0 Å². The maximum absolute atomic E-state index is 14.6. The molecular weight excluding hydrogens is 402 g/mol. The summed E-state index contributed by atoms with van der Waals surface area (Å²) in [6, 6.07) is 11.6. The van der Waals surface area contributed by atoms with E-state index in [1.165, 1.54) is 12.4 Å². The highest BCUT2D eigenvalue weighted by Gasteiger charge is 2.47. The summed E-state index contributed by atoms with van der Waals surface area (Å²) in [4.78, 5) is 30.8. The van der Waals surface area contributed by atoms with Gasteiger partial charge >= 0.3 is 0 Å². The highest BCUT2D eigenvalue weighted by atomic mass is 19.1. The number of carbonyl (C=O) groups excluding carboxylic acids is 2. The first kappa shape index (κ1) is 20.4.